The molecule has 0 aliphatic heterocycles. The Morgan fingerprint density at radius 1 is 1.04 bits per heavy atom. The predicted octanol–water partition coefficient (Wildman–Crippen LogP) is 3.86. The number of nitrogens with zero attached hydrogens (tertiary/aromatic N) is 2. The summed E-state index contributed by atoms with van der Waals surface area (Å²) in [6.07, 6.45) is 6.19. The van der Waals surface area contributed by atoms with Gasteiger partial charge in [-0.05, 0) is 62.8 Å². The van der Waals surface area contributed by atoms with Gasteiger partial charge in [0.25, 0.3) is 0 Å². The Morgan fingerprint density at radius 3 is 2.61 bits per heavy atom. The van der Waals surface area contributed by atoms with Crippen LogP contribution < -0.4 is 5.32 Å². The van der Waals surface area contributed by atoms with Crippen molar-refractivity contribution in [2.45, 2.75) is 38.5 Å². The van der Waals surface area contributed by atoms with Crippen molar-refractivity contribution >= 4 is 17.4 Å². The van der Waals surface area contributed by atoms with E-state index in [1.165, 1.54) is 24.1 Å². The van der Waals surface area contributed by atoms with E-state index in [-0.39, 0.29) is 6.61 Å². The zero-order valence-corrected chi connectivity index (χ0v) is 13.9. The second-order valence-corrected chi connectivity index (χ2v) is 6.33. The normalized spacial score (nSPS) is 13.7. The molecule has 1 aromatic heterocycles. The van der Waals surface area contributed by atoms with Gasteiger partial charge < -0.3 is 10.4 Å². The topological polar surface area (TPSA) is 58.0 Å². The highest BCUT2D eigenvalue weighted by Crippen LogP contribution is 2.29. The van der Waals surface area contributed by atoms with Crippen molar-refractivity contribution in [3.63, 3.8) is 0 Å². The fourth-order valence-corrected chi connectivity index (χ4v) is 3.04. The van der Waals surface area contributed by atoms with E-state index in [2.05, 4.69) is 5.32 Å². The third-order valence-electron chi connectivity index (χ3n) is 4.16. The van der Waals surface area contributed by atoms with Crippen LogP contribution in [0.5, 0.6) is 0 Å². The summed E-state index contributed by atoms with van der Waals surface area (Å²) in [5, 5.41) is 13.1. The first kappa shape index (κ1) is 16.2. The van der Waals surface area contributed by atoms with Gasteiger partial charge in [0.1, 0.15) is 5.82 Å². The van der Waals surface area contributed by atoms with Crippen LogP contribution >= 0.6 is 11.6 Å². The van der Waals surface area contributed by atoms with Gasteiger partial charge in [0.2, 0.25) is 0 Å². The van der Waals surface area contributed by atoms with Crippen LogP contribution in [0, 0.1) is 0 Å². The maximum atomic E-state index is 8.91. The standard InChI is InChI=1S/C18H22ClN3O/c19-14-9-7-13(8-10-14)17-21-16-6-2-1-5-15(16)18(22-17)20-11-3-4-12-23/h7-10,23H,1-6,11-12H2,(H,20,21,22). The maximum absolute atomic E-state index is 8.91. The molecule has 4 nitrogen and oxygen atoms in total. The molecule has 0 bridgehead atoms. The number of aryl methyl sites for hydroxylation is 1. The van der Waals surface area contributed by atoms with Crippen molar-refractivity contribution < 1.29 is 5.11 Å². The smallest absolute Gasteiger partial charge is 0.161 e. The molecule has 3 rings (SSSR count). The number of fused-ring (bicyclic) bond motifs is 1. The van der Waals surface area contributed by atoms with E-state index < -0.39 is 0 Å². The Morgan fingerprint density at radius 2 is 1.83 bits per heavy atom. The number of hydrogen-bond donors (Lipinski definition) is 2. The first-order chi connectivity index (χ1) is 11.3. The molecule has 0 spiro atoms. The van der Waals surface area contributed by atoms with Gasteiger partial charge in [-0.15, -0.1) is 0 Å². The molecule has 122 valence electrons. The summed E-state index contributed by atoms with van der Waals surface area (Å²) in [5.41, 5.74) is 3.42. The van der Waals surface area contributed by atoms with Crippen molar-refractivity contribution in [2.75, 3.05) is 18.5 Å². The molecule has 0 radical (unpaired) electrons. The lowest BCUT2D eigenvalue weighted by Crippen LogP contribution is -2.14. The summed E-state index contributed by atoms with van der Waals surface area (Å²) in [4.78, 5) is 9.54. The SMILES string of the molecule is OCCCCNc1nc(-c2ccc(Cl)cc2)nc2c1CCCC2. The number of aliphatic hydroxyl groups is 1. The summed E-state index contributed by atoms with van der Waals surface area (Å²) in [7, 11) is 0. The zero-order chi connectivity index (χ0) is 16.1. The number of aliphatic hydroxyl groups excluding tert-OH is 1. The van der Waals surface area contributed by atoms with Crippen LogP contribution in [0.25, 0.3) is 11.4 Å². The number of aromatic nitrogens is 2. The van der Waals surface area contributed by atoms with Crippen molar-refractivity contribution in [1.29, 1.82) is 0 Å². The van der Waals surface area contributed by atoms with Crippen LogP contribution in [0.4, 0.5) is 5.82 Å². The summed E-state index contributed by atoms with van der Waals surface area (Å²) in [6, 6.07) is 7.66. The second kappa shape index (κ2) is 7.75. The van der Waals surface area contributed by atoms with Gasteiger partial charge in [0.15, 0.2) is 5.82 Å². The van der Waals surface area contributed by atoms with E-state index in [1.54, 1.807) is 0 Å². The predicted molar refractivity (Wildman–Crippen MR) is 93.9 cm³/mol. The van der Waals surface area contributed by atoms with E-state index in [0.717, 1.165) is 49.4 Å². The Hall–Kier alpha value is -1.65. The van der Waals surface area contributed by atoms with Gasteiger partial charge in [-0.1, -0.05) is 11.6 Å². The molecule has 0 atom stereocenters. The van der Waals surface area contributed by atoms with Gasteiger partial charge in [-0.2, -0.15) is 0 Å². The van der Waals surface area contributed by atoms with Crippen molar-refractivity contribution in [3.05, 3.63) is 40.5 Å². The Balaban J connectivity index is 1.89. The number of halogens is 1. The average Bonchev–Trinajstić information content (AvgIpc) is 2.59. The van der Waals surface area contributed by atoms with Gasteiger partial charge in [0.05, 0.1) is 0 Å². The molecule has 0 fully saturated rings. The molecule has 1 aliphatic carbocycles. The lowest BCUT2D eigenvalue weighted by atomic mass is 9.96. The van der Waals surface area contributed by atoms with E-state index in [9.17, 15) is 0 Å². The molecule has 2 aromatic rings. The van der Waals surface area contributed by atoms with E-state index in [1.807, 2.05) is 24.3 Å². The first-order valence-electron chi connectivity index (χ1n) is 8.28. The minimum Gasteiger partial charge on any atom is -0.396 e. The number of rotatable bonds is 6. The molecule has 0 saturated heterocycles. The number of nitrogens with one attached hydrogen (secondary N) is 1. The highest BCUT2D eigenvalue weighted by atomic mass is 35.5. The molecule has 0 amide bonds. The number of anilines is 1. The molecule has 1 aromatic carbocycles. The third kappa shape index (κ3) is 4.01. The summed E-state index contributed by atoms with van der Waals surface area (Å²) in [5.74, 6) is 1.71. The summed E-state index contributed by atoms with van der Waals surface area (Å²) >= 11 is 5.97. The molecule has 23 heavy (non-hydrogen) atoms. The molecule has 0 saturated carbocycles. The molecular formula is C18H22ClN3O. The number of benzene rings is 1. The summed E-state index contributed by atoms with van der Waals surface area (Å²) in [6.45, 7) is 1.06. The van der Waals surface area contributed by atoms with Crippen LogP contribution in [0.2, 0.25) is 5.02 Å². The van der Waals surface area contributed by atoms with Crippen LogP contribution in [-0.2, 0) is 12.8 Å². The molecule has 2 N–H and O–H groups in total. The fraction of sp³-hybridized carbons (Fsp3) is 0.444. The van der Waals surface area contributed by atoms with Crippen LogP contribution in [-0.4, -0.2) is 28.2 Å². The highest BCUT2D eigenvalue weighted by Gasteiger charge is 2.18. The summed E-state index contributed by atoms with van der Waals surface area (Å²) < 4.78 is 0. The van der Waals surface area contributed by atoms with Crippen LogP contribution in [0.15, 0.2) is 24.3 Å². The Kier molecular flexibility index (Phi) is 5.47. The largest absolute Gasteiger partial charge is 0.396 e. The van der Waals surface area contributed by atoms with Crippen molar-refractivity contribution in [1.82, 2.24) is 9.97 Å². The zero-order valence-electron chi connectivity index (χ0n) is 13.2. The Labute approximate surface area is 141 Å². The second-order valence-electron chi connectivity index (χ2n) is 5.89. The van der Waals surface area contributed by atoms with E-state index >= 15 is 0 Å². The number of hydrogen-bond acceptors (Lipinski definition) is 4. The van der Waals surface area contributed by atoms with Gasteiger partial charge >= 0.3 is 0 Å². The lowest BCUT2D eigenvalue weighted by Gasteiger charge is -2.20. The quantitative estimate of drug-likeness (QED) is 0.789. The van der Waals surface area contributed by atoms with Crippen LogP contribution in [0.1, 0.15) is 36.9 Å². The molecular weight excluding hydrogens is 310 g/mol. The Bertz CT molecular complexity index is 658. The molecule has 1 heterocycles. The molecule has 1 aliphatic rings. The highest BCUT2D eigenvalue weighted by molar-refractivity contribution is 6.30. The third-order valence-corrected chi connectivity index (χ3v) is 4.41. The van der Waals surface area contributed by atoms with Gasteiger partial charge in [-0.25, -0.2) is 9.97 Å². The average molecular weight is 332 g/mol. The maximum Gasteiger partial charge on any atom is 0.161 e. The van der Waals surface area contributed by atoms with Crippen LogP contribution in [0.3, 0.4) is 0 Å². The van der Waals surface area contributed by atoms with E-state index in [0.29, 0.717) is 5.02 Å². The first-order valence-corrected chi connectivity index (χ1v) is 8.66. The van der Waals surface area contributed by atoms with E-state index in [4.69, 9.17) is 26.7 Å². The van der Waals surface area contributed by atoms with Gasteiger partial charge in [-0.3, -0.25) is 0 Å². The minimum absolute atomic E-state index is 0.236. The minimum atomic E-state index is 0.236. The van der Waals surface area contributed by atoms with Crippen molar-refractivity contribution in [2.24, 2.45) is 0 Å². The van der Waals surface area contributed by atoms with Gasteiger partial charge in [0, 0.05) is 35.0 Å². The lowest BCUT2D eigenvalue weighted by molar-refractivity contribution is 0.286. The molecule has 5 heteroatoms. The fourth-order valence-electron chi connectivity index (χ4n) is 2.91. The number of unbranched alkanes of at least 4 members (excludes halogenated alkanes) is 1. The molecule has 0 unspecified atom stereocenters. The monoisotopic (exact) mass is 331 g/mol. The van der Waals surface area contributed by atoms with Crippen molar-refractivity contribution in [3.8, 4) is 11.4 Å².